The van der Waals surface area contributed by atoms with Crippen molar-refractivity contribution >= 4 is 27.5 Å². The van der Waals surface area contributed by atoms with Crippen LogP contribution < -0.4 is 5.32 Å². The van der Waals surface area contributed by atoms with E-state index in [1.54, 1.807) is 19.2 Å². The molecule has 0 radical (unpaired) electrons. The highest BCUT2D eigenvalue weighted by Crippen LogP contribution is 2.31. The highest BCUT2D eigenvalue weighted by Gasteiger charge is 2.20. The van der Waals surface area contributed by atoms with Gasteiger partial charge in [0.1, 0.15) is 11.6 Å². The number of halogens is 4. The molecule has 2 aromatic rings. The zero-order valence-corrected chi connectivity index (χ0v) is 13.3. The normalized spacial score (nSPS) is 12.5. The van der Waals surface area contributed by atoms with Gasteiger partial charge >= 0.3 is 0 Å². The maximum Gasteiger partial charge on any atom is 0.137 e. The van der Waals surface area contributed by atoms with Crippen molar-refractivity contribution < 1.29 is 8.78 Å². The summed E-state index contributed by atoms with van der Waals surface area (Å²) >= 11 is 8.98. The maximum absolute atomic E-state index is 14.1. The fraction of sp³-hybridized carbons (Fsp3) is 0.200. The quantitative estimate of drug-likeness (QED) is 0.760. The molecule has 0 aliphatic rings. The van der Waals surface area contributed by atoms with E-state index in [1.165, 1.54) is 6.07 Å². The Morgan fingerprint density at radius 2 is 1.80 bits per heavy atom. The first kappa shape index (κ1) is 15.4. The Kier molecular flexibility index (Phi) is 4.78. The molecule has 0 saturated carbocycles. The first-order valence-corrected chi connectivity index (χ1v) is 7.19. The van der Waals surface area contributed by atoms with Gasteiger partial charge in [-0.2, -0.15) is 0 Å². The summed E-state index contributed by atoms with van der Waals surface area (Å²) in [5.74, 6) is -0.974. The van der Waals surface area contributed by atoms with Crippen molar-refractivity contribution in [2.24, 2.45) is 0 Å². The topological polar surface area (TPSA) is 12.0 Å². The molecule has 0 spiro atoms. The van der Waals surface area contributed by atoms with Crippen LogP contribution in [0.3, 0.4) is 0 Å². The minimum absolute atomic E-state index is 0.108. The maximum atomic E-state index is 14.1. The molecule has 0 aromatic heterocycles. The van der Waals surface area contributed by atoms with Gasteiger partial charge in [-0.05, 0) is 65.3 Å². The number of benzene rings is 2. The predicted octanol–water partition coefficient (Wildman–Crippen LogP) is 5.00. The van der Waals surface area contributed by atoms with Crippen LogP contribution in [0, 0.1) is 18.6 Å². The van der Waals surface area contributed by atoms with Crippen LogP contribution in [0.15, 0.2) is 34.8 Å². The second-order valence-electron chi connectivity index (χ2n) is 4.51. The summed E-state index contributed by atoms with van der Waals surface area (Å²) in [7, 11) is 1.70. The minimum Gasteiger partial charge on any atom is -0.309 e. The molecule has 0 fully saturated rings. The number of nitrogens with one attached hydrogen (secondary N) is 1. The molecule has 1 nitrogen and oxygen atoms in total. The Balaban J connectivity index is 2.58. The third kappa shape index (κ3) is 3.03. The lowest BCUT2D eigenvalue weighted by atomic mass is 9.94. The summed E-state index contributed by atoms with van der Waals surface area (Å²) in [4.78, 5) is 0. The van der Waals surface area contributed by atoms with Crippen LogP contribution in [0.5, 0.6) is 0 Å². The molecule has 2 rings (SSSR count). The van der Waals surface area contributed by atoms with Gasteiger partial charge in [0.25, 0.3) is 0 Å². The molecule has 0 aliphatic heterocycles. The lowest BCUT2D eigenvalue weighted by molar-refractivity contribution is 0.554. The van der Waals surface area contributed by atoms with E-state index in [1.807, 2.05) is 13.0 Å². The molecule has 0 aliphatic carbocycles. The summed E-state index contributed by atoms with van der Waals surface area (Å²) in [6, 6.07) is 7.25. The molecule has 0 amide bonds. The second kappa shape index (κ2) is 6.20. The van der Waals surface area contributed by atoms with Crippen molar-refractivity contribution in [2.45, 2.75) is 13.0 Å². The molecule has 0 bridgehead atoms. The zero-order chi connectivity index (χ0) is 14.9. The molecule has 106 valence electrons. The molecule has 1 unspecified atom stereocenters. The fourth-order valence-electron chi connectivity index (χ4n) is 2.16. The average molecular weight is 361 g/mol. The van der Waals surface area contributed by atoms with Crippen molar-refractivity contribution in [1.29, 1.82) is 0 Å². The molecule has 1 atom stereocenters. The highest BCUT2D eigenvalue weighted by atomic mass is 79.9. The summed E-state index contributed by atoms with van der Waals surface area (Å²) in [5.41, 5.74) is 2.02. The smallest absolute Gasteiger partial charge is 0.137 e. The molecule has 5 heteroatoms. The summed E-state index contributed by atoms with van der Waals surface area (Å²) in [6.45, 7) is 1.91. The third-order valence-electron chi connectivity index (χ3n) is 3.19. The van der Waals surface area contributed by atoms with E-state index in [0.717, 1.165) is 17.2 Å². The molecular formula is C15H13BrClF2N. The summed E-state index contributed by atoms with van der Waals surface area (Å²) < 4.78 is 27.9. The van der Waals surface area contributed by atoms with Gasteiger partial charge in [0.2, 0.25) is 0 Å². The van der Waals surface area contributed by atoms with Gasteiger partial charge in [0.15, 0.2) is 0 Å². The molecular weight excluding hydrogens is 348 g/mol. The van der Waals surface area contributed by atoms with Crippen LogP contribution in [0.2, 0.25) is 5.02 Å². The Morgan fingerprint density at radius 1 is 1.10 bits per heavy atom. The van der Waals surface area contributed by atoms with E-state index in [-0.39, 0.29) is 10.0 Å². The van der Waals surface area contributed by atoms with Crippen LogP contribution >= 0.6 is 27.5 Å². The van der Waals surface area contributed by atoms with E-state index in [2.05, 4.69) is 21.2 Å². The van der Waals surface area contributed by atoms with Gasteiger partial charge in [-0.15, -0.1) is 0 Å². The SMILES string of the molecule is CNC(c1cc(Cl)ccc1C)c1cc(F)c(Br)cc1F. The average Bonchev–Trinajstić information content (AvgIpc) is 2.40. The molecule has 0 heterocycles. The van der Waals surface area contributed by atoms with Crippen molar-refractivity contribution in [3.63, 3.8) is 0 Å². The van der Waals surface area contributed by atoms with E-state index in [9.17, 15) is 8.78 Å². The van der Waals surface area contributed by atoms with Crippen molar-refractivity contribution in [1.82, 2.24) is 5.32 Å². The van der Waals surface area contributed by atoms with Crippen molar-refractivity contribution in [3.8, 4) is 0 Å². The van der Waals surface area contributed by atoms with Crippen molar-refractivity contribution in [2.75, 3.05) is 7.05 Å². The minimum atomic E-state index is -0.499. The van der Waals surface area contributed by atoms with Gasteiger partial charge in [-0.3, -0.25) is 0 Å². The van der Waals surface area contributed by atoms with E-state index >= 15 is 0 Å². The van der Waals surface area contributed by atoms with Crippen LogP contribution in [0.1, 0.15) is 22.7 Å². The van der Waals surface area contributed by atoms with Gasteiger partial charge in [-0.25, -0.2) is 8.78 Å². The Bertz CT molecular complexity index is 646. The predicted molar refractivity (Wildman–Crippen MR) is 81.1 cm³/mol. The number of hydrogen-bond acceptors (Lipinski definition) is 1. The van der Waals surface area contributed by atoms with E-state index in [4.69, 9.17) is 11.6 Å². The first-order valence-electron chi connectivity index (χ1n) is 6.01. The van der Waals surface area contributed by atoms with Gasteiger partial charge < -0.3 is 5.32 Å². The Labute approximate surface area is 130 Å². The monoisotopic (exact) mass is 359 g/mol. The standard InChI is InChI=1S/C15H13BrClF2N/c1-8-3-4-9(17)5-10(8)15(20-2)11-6-14(19)12(16)7-13(11)18/h3-7,15,20H,1-2H3. The van der Waals surface area contributed by atoms with Crippen LogP contribution in [-0.2, 0) is 0 Å². The number of rotatable bonds is 3. The number of hydrogen-bond donors (Lipinski definition) is 1. The molecule has 0 saturated heterocycles. The number of aryl methyl sites for hydroxylation is 1. The first-order chi connectivity index (χ1) is 9.43. The zero-order valence-electron chi connectivity index (χ0n) is 11.0. The lowest BCUT2D eigenvalue weighted by Crippen LogP contribution is -2.20. The van der Waals surface area contributed by atoms with Crippen LogP contribution in [0.25, 0.3) is 0 Å². The summed E-state index contributed by atoms with van der Waals surface area (Å²) in [5, 5.41) is 3.57. The molecule has 2 aromatic carbocycles. The lowest BCUT2D eigenvalue weighted by Gasteiger charge is -2.20. The Hall–Kier alpha value is -0.970. The highest BCUT2D eigenvalue weighted by molar-refractivity contribution is 9.10. The summed E-state index contributed by atoms with van der Waals surface area (Å²) in [6.07, 6.45) is 0. The fourth-order valence-corrected chi connectivity index (χ4v) is 2.66. The van der Waals surface area contributed by atoms with Gasteiger partial charge in [0, 0.05) is 10.6 Å². The van der Waals surface area contributed by atoms with E-state index in [0.29, 0.717) is 5.02 Å². The van der Waals surface area contributed by atoms with Crippen LogP contribution in [-0.4, -0.2) is 7.05 Å². The second-order valence-corrected chi connectivity index (χ2v) is 5.80. The third-order valence-corrected chi connectivity index (χ3v) is 4.03. The van der Waals surface area contributed by atoms with E-state index < -0.39 is 17.7 Å². The van der Waals surface area contributed by atoms with Gasteiger partial charge in [-0.1, -0.05) is 17.7 Å². The molecule has 1 N–H and O–H groups in total. The Morgan fingerprint density at radius 3 is 2.45 bits per heavy atom. The van der Waals surface area contributed by atoms with Crippen molar-refractivity contribution in [3.05, 3.63) is 68.2 Å². The molecule has 20 heavy (non-hydrogen) atoms. The van der Waals surface area contributed by atoms with Crippen LogP contribution in [0.4, 0.5) is 8.78 Å². The largest absolute Gasteiger partial charge is 0.309 e. The van der Waals surface area contributed by atoms with Gasteiger partial charge in [0.05, 0.1) is 10.5 Å².